The zero-order chi connectivity index (χ0) is 31.1. The van der Waals surface area contributed by atoms with Crippen LogP contribution in [0.1, 0.15) is 45.5 Å². The summed E-state index contributed by atoms with van der Waals surface area (Å²) in [5, 5.41) is 3.22. The molecule has 1 N–H and O–H groups in total. The van der Waals surface area contributed by atoms with E-state index in [2.05, 4.69) is 18.5 Å². The third-order valence-corrected chi connectivity index (χ3v) is 6.80. The first kappa shape index (κ1) is 32.6. The number of hydrogen-bond donors (Lipinski definition) is 1. The molecule has 0 aromatic heterocycles. The van der Waals surface area contributed by atoms with Crippen LogP contribution in [0.25, 0.3) is 0 Å². The highest BCUT2D eigenvalue weighted by atomic mass is 19.4. The highest BCUT2D eigenvalue weighted by molar-refractivity contribution is 5.77. The Bertz CT molecular complexity index is 1270. The van der Waals surface area contributed by atoms with Gasteiger partial charge in [0.1, 0.15) is 6.04 Å². The summed E-state index contributed by atoms with van der Waals surface area (Å²) in [4.78, 5) is 15.3. The molecule has 0 saturated heterocycles. The molecule has 42 heavy (non-hydrogen) atoms. The molecular formula is C32H32F6N2O2. The topological polar surface area (TPSA) is 41.6 Å². The summed E-state index contributed by atoms with van der Waals surface area (Å²) < 4.78 is 85.0. The van der Waals surface area contributed by atoms with Crippen molar-refractivity contribution in [1.29, 1.82) is 0 Å². The first-order chi connectivity index (χ1) is 19.8. The average Bonchev–Trinajstić information content (AvgIpc) is 2.95. The molecular weight excluding hydrogens is 558 g/mol. The van der Waals surface area contributed by atoms with Gasteiger partial charge in [-0.2, -0.15) is 26.3 Å². The molecule has 0 aliphatic carbocycles. The summed E-state index contributed by atoms with van der Waals surface area (Å²) in [6.07, 6.45) is -5.86. The van der Waals surface area contributed by atoms with Crippen LogP contribution in [0.15, 0.2) is 98.1 Å². The second kappa shape index (κ2) is 13.8. The van der Waals surface area contributed by atoms with Crippen molar-refractivity contribution in [2.24, 2.45) is 0 Å². The number of alkyl halides is 6. The second-order valence-electron chi connectivity index (χ2n) is 9.73. The fourth-order valence-corrected chi connectivity index (χ4v) is 4.72. The lowest BCUT2D eigenvalue weighted by Crippen LogP contribution is -2.50. The van der Waals surface area contributed by atoms with Gasteiger partial charge in [0.15, 0.2) is 0 Å². The van der Waals surface area contributed by atoms with Crippen molar-refractivity contribution in [3.8, 4) is 0 Å². The molecule has 4 nitrogen and oxygen atoms in total. The summed E-state index contributed by atoms with van der Waals surface area (Å²) in [7, 11) is 1.21. The van der Waals surface area contributed by atoms with Gasteiger partial charge in [0.05, 0.1) is 30.3 Å². The number of carbonyl (C=O) groups is 1. The molecule has 3 aromatic carbocycles. The SMILES string of the molecule is C=CCN(CC=C)[C@@H](c1ccc(C)cc1)[C@H](NC(c1ccc(C(F)(F)F)cc1)c1ccc(C(F)(F)F)cc1)C(=O)OC. The monoisotopic (exact) mass is 590 g/mol. The van der Waals surface area contributed by atoms with Crippen molar-refractivity contribution >= 4 is 5.97 Å². The number of carbonyl (C=O) groups excluding carboxylic acids is 1. The van der Waals surface area contributed by atoms with Gasteiger partial charge in [-0.05, 0) is 47.9 Å². The van der Waals surface area contributed by atoms with Crippen molar-refractivity contribution in [2.45, 2.75) is 37.4 Å². The molecule has 0 bridgehead atoms. The van der Waals surface area contributed by atoms with Crippen LogP contribution in [-0.4, -0.2) is 37.1 Å². The zero-order valence-corrected chi connectivity index (χ0v) is 23.2. The van der Waals surface area contributed by atoms with Gasteiger partial charge >= 0.3 is 18.3 Å². The van der Waals surface area contributed by atoms with Crippen LogP contribution in [0.4, 0.5) is 26.3 Å². The smallest absolute Gasteiger partial charge is 0.416 e. The number of rotatable bonds is 12. The van der Waals surface area contributed by atoms with Crippen LogP contribution in [0, 0.1) is 6.92 Å². The quantitative estimate of drug-likeness (QED) is 0.134. The standard InChI is InChI=1S/C32H32F6N2O2/c1-5-19-40(20-6-2)29(24-9-7-21(3)8-10-24)28(30(41)42-4)39-27(22-11-15-25(16-12-22)31(33,34)35)23-13-17-26(18-14-23)32(36,37)38/h5-18,27-29,39H,1-2,19-20H2,3-4H3/t28-,29-/m0/s1. The van der Waals surface area contributed by atoms with Crippen molar-refractivity contribution in [2.75, 3.05) is 20.2 Å². The van der Waals surface area contributed by atoms with E-state index >= 15 is 0 Å². The summed E-state index contributed by atoms with van der Waals surface area (Å²) in [6.45, 7) is 10.2. The Balaban J connectivity index is 2.19. The number of nitrogens with one attached hydrogen (secondary N) is 1. The van der Waals surface area contributed by atoms with E-state index in [4.69, 9.17) is 4.74 Å². The van der Waals surface area contributed by atoms with Crippen LogP contribution >= 0.6 is 0 Å². The first-order valence-electron chi connectivity index (χ1n) is 13.0. The van der Waals surface area contributed by atoms with Crippen LogP contribution < -0.4 is 5.32 Å². The minimum absolute atomic E-state index is 0.304. The summed E-state index contributed by atoms with van der Waals surface area (Å²) >= 11 is 0. The number of methoxy groups -OCH3 is 1. The third-order valence-electron chi connectivity index (χ3n) is 6.80. The molecule has 0 amide bonds. The predicted molar refractivity (Wildman–Crippen MR) is 150 cm³/mol. The highest BCUT2D eigenvalue weighted by Crippen LogP contribution is 2.35. The number of aryl methyl sites for hydroxylation is 1. The van der Waals surface area contributed by atoms with Crippen molar-refractivity contribution in [3.63, 3.8) is 0 Å². The molecule has 0 aliphatic heterocycles. The predicted octanol–water partition coefficient (Wildman–Crippen LogP) is 7.67. The summed E-state index contributed by atoms with van der Waals surface area (Å²) in [5.41, 5.74) is 0.541. The fourth-order valence-electron chi connectivity index (χ4n) is 4.72. The van der Waals surface area contributed by atoms with E-state index in [0.29, 0.717) is 24.2 Å². The summed E-state index contributed by atoms with van der Waals surface area (Å²) in [6, 6.07) is 13.2. The first-order valence-corrected chi connectivity index (χ1v) is 13.0. The molecule has 0 unspecified atom stereocenters. The van der Waals surface area contributed by atoms with Crippen LogP contribution in [0.5, 0.6) is 0 Å². The lowest BCUT2D eigenvalue weighted by molar-refractivity contribution is -0.145. The largest absolute Gasteiger partial charge is 0.468 e. The number of nitrogens with zero attached hydrogens (tertiary/aromatic N) is 1. The molecule has 0 saturated carbocycles. The Morgan fingerprint density at radius 3 is 1.55 bits per heavy atom. The molecule has 0 aliphatic rings. The Hall–Kier alpha value is -3.89. The van der Waals surface area contributed by atoms with Gasteiger partial charge in [0.2, 0.25) is 0 Å². The van der Waals surface area contributed by atoms with E-state index in [1.54, 1.807) is 12.2 Å². The third kappa shape index (κ3) is 8.10. The highest BCUT2D eigenvalue weighted by Gasteiger charge is 2.37. The fraction of sp³-hybridized carbons (Fsp3) is 0.281. The number of hydrogen-bond acceptors (Lipinski definition) is 4. The Morgan fingerprint density at radius 2 is 1.19 bits per heavy atom. The van der Waals surface area contributed by atoms with E-state index in [9.17, 15) is 31.1 Å². The Morgan fingerprint density at radius 1 is 0.786 bits per heavy atom. The van der Waals surface area contributed by atoms with Gasteiger partial charge in [-0.25, -0.2) is 0 Å². The van der Waals surface area contributed by atoms with E-state index in [0.717, 1.165) is 35.4 Å². The molecule has 2 atom stereocenters. The maximum Gasteiger partial charge on any atom is 0.416 e. The second-order valence-corrected chi connectivity index (χ2v) is 9.73. The number of ether oxygens (including phenoxy) is 1. The van der Waals surface area contributed by atoms with Gasteiger partial charge in [0, 0.05) is 13.1 Å². The number of halogens is 6. The Kier molecular flexibility index (Phi) is 10.8. The zero-order valence-electron chi connectivity index (χ0n) is 23.2. The lowest BCUT2D eigenvalue weighted by Gasteiger charge is -2.37. The van der Waals surface area contributed by atoms with E-state index in [1.165, 1.54) is 31.4 Å². The molecule has 0 radical (unpaired) electrons. The van der Waals surface area contributed by atoms with Crippen LogP contribution in [0.2, 0.25) is 0 Å². The normalized spacial score (nSPS) is 13.6. The number of esters is 1. The van der Waals surface area contributed by atoms with Gasteiger partial charge in [-0.3, -0.25) is 15.0 Å². The van der Waals surface area contributed by atoms with Gasteiger partial charge in [0.25, 0.3) is 0 Å². The molecule has 3 aromatic rings. The van der Waals surface area contributed by atoms with Crippen molar-refractivity contribution < 1.29 is 35.9 Å². The molecule has 0 spiro atoms. The molecule has 3 rings (SSSR count). The van der Waals surface area contributed by atoms with E-state index in [-0.39, 0.29) is 0 Å². The van der Waals surface area contributed by atoms with E-state index < -0.39 is 47.6 Å². The number of benzene rings is 3. The molecule has 0 heterocycles. The maximum absolute atomic E-state index is 13.4. The maximum atomic E-state index is 13.4. The minimum Gasteiger partial charge on any atom is -0.468 e. The molecule has 224 valence electrons. The van der Waals surface area contributed by atoms with Gasteiger partial charge < -0.3 is 4.74 Å². The van der Waals surface area contributed by atoms with Crippen LogP contribution in [0.3, 0.4) is 0 Å². The van der Waals surface area contributed by atoms with E-state index in [1.807, 2.05) is 36.1 Å². The minimum atomic E-state index is -4.59. The molecule has 10 heteroatoms. The van der Waals surface area contributed by atoms with Crippen LogP contribution in [-0.2, 0) is 21.9 Å². The Labute approximate surface area is 241 Å². The summed E-state index contributed by atoms with van der Waals surface area (Å²) in [5.74, 6) is -0.678. The molecule has 0 fully saturated rings. The van der Waals surface area contributed by atoms with Gasteiger partial charge in [-0.15, -0.1) is 13.2 Å². The lowest BCUT2D eigenvalue weighted by atomic mass is 9.91. The van der Waals surface area contributed by atoms with Gasteiger partial charge in [-0.1, -0.05) is 66.2 Å². The van der Waals surface area contributed by atoms with Crippen molar-refractivity contribution in [1.82, 2.24) is 10.2 Å². The average molecular weight is 591 g/mol. The van der Waals surface area contributed by atoms with Crippen molar-refractivity contribution in [3.05, 3.63) is 131 Å².